The van der Waals surface area contributed by atoms with Crippen molar-refractivity contribution in [2.45, 2.75) is 20.3 Å². The molecule has 1 amide bonds. The van der Waals surface area contributed by atoms with Crippen molar-refractivity contribution in [3.05, 3.63) is 69.1 Å². The van der Waals surface area contributed by atoms with E-state index in [0.717, 1.165) is 16.7 Å². The van der Waals surface area contributed by atoms with Crippen molar-refractivity contribution in [3.63, 3.8) is 0 Å². The van der Waals surface area contributed by atoms with Crippen LogP contribution in [-0.2, 0) is 6.42 Å². The van der Waals surface area contributed by atoms with E-state index in [1.54, 1.807) is 20.3 Å². The minimum absolute atomic E-state index is 0.0109. The molecule has 6 nitrogen and oxygen atoms in total. The van der Waals surface area contributed by atoms with Gasteiger partial charge in [0.25, 0.3) is 5.91 Å². The van der Waals surface area contributed by atoms with Gasteiger partial charge in [-0.15, -0.1) is 0 Å². The van der Waals surface area contributed by atoms with Gasteiger partial charge in [0, 0.05) is 12.6 Å². The number of aryl methyl sites for hydroxylation is 2. The molecular formula is C22H23NO5. The van der Waals surface area contributed by atoms with Crippen molar-refractivity contribution in [1.29, 1.82) is 0 Å². The van der Waals surface area contributed by atoms with Crippen molar-refractivity contribution in [2.75, 3.05) is 20.8 Å². The standard InChI is InChI=1S/C22H23NO5/c1-13-9-14(2)21-16(10-13)17(24)12-20(28-21)22(25)23-8-7-15-5-6-18(26-3)19(11-15)27-4/h5-6,9-12H,7-8H2,1-4H3,(H,23,25). The van der Waals surface area contributed by atoms with E-state index >= 15 is 0 Å². The molecule has 3 aromatic rings. The highest BCUT2D eigenvalue weighted by molar-refractivity contribution is 5.93. The second-order valence-corrected chi connectivity index (χ2v) is 6.63. The smallest absolute Gasteiger partial charge is 0.287 e. The van der Waals surface area contributed by atoms with Crippen LogP contribution in [0.5, 0.6) is 11.5 Å². The second-order valence-electron chi connectivity index (χ2n) is 6.63. The Bertz CT molecular complexity index is 1080. The van der Waals surface area contributed by atoms with Crippen molar-refractivity contribution >= 4 is 16.9 Å². The first kappa shape index (κ1) is 19.5. The van der Waals surface area contributed by atoms with E-state index in [1.807, 2.05) is 38.1 Å². The van der Waals surface area contributed by atoms with Gasteiger partial charge in [0.2, 0.25) is 0 Å². The Hall–Kier alpha value is -3.28. The minimum Gasteiger partial charge on any atom is -0.493 e. The number of methoxy groups -OCH3 is 2. The lowest BCUT2D eigenvalue weighted by Gasteiger charge is -2.10. The van der Waals surface area contributed by atoms with Crippen molar-refractivity contribution < 1.29 is 18.7 Å². The van der Waals surface area contributed by atoms with Gasteiger partial charge >= 0.3 is 0 Å². The molecule has 2 aromatic carbocycles. The summed E-state index contributed by atoms with van der Waals surface area (Å²) in [6.07, 6.45) is 0.599. The van der Waals surface area contributed by atoms with Crippen LogP contribution >= 0.6 is 0 Å². The summed E-state index contributed by atoms with van der Waals surface area (Å²) in [4.78, 5) is 24.8. The predicted molar refractivity (Wildman–Crippen MR) is 108 cm³/mol. The number of carbonyl (C=O) groups is 1. The fourth-order valence-electron chi connectivity index (χ4n) is 3.16. The topological polar surface area (TPSA) is 77.8 Å². The zero-order valence-corrected chi connectivity index (χ0v) is 16.4. The van der Waals surface area contributed by atoms with Crippen LogP contribution in [0.15, 0.2) is 45.6 Å². The summed E-state index contributed by atoms with van der Waals surface area (Å²) in [5.41, 5.74) is 3.02. The lowest BCUT2D eigenvalue weighted by atomic mass is 10.1. The largest absolute Gasteiger partial charge is 0.493 e. The summed E-state index contributed by atoms with van der Waals surface area (Å²) in [6.45, 7) is 4.17. The van der Waals surface area contributed by atoms with Crippen molar-refractivity contribution in [2.24, 2.45) is 0 Å². The number of fused-ring (bicyclic) bond motifs is 1. The summed E-state index contributed by atoms with van der Waals surface area (Å²) in [5.74, 6) is 0.882. The maximum atomic E-state index is 12.4. The first-order chi connectivity index (χ1) is 13.4. The van der Waals surface area contributed by atoms with Crippen LogP contribution in [0.4, 0.5) is 0 Å². The van der Waals surface area contributed by atoms with E-state index < -0.39 is 5.91 Å². The third-order valence-electron chi connectivity index (χ3n) is 4.53. The van der Waals surface area contributed by atoms with Gasteiger partial charge in [-0.25, -0.2) is 0 Å². The van der Waals surface area contributed by atoms with E-state index in [4.69, 9.17) is 13.9 Å². The second kappa shape index (κ2) is 8.17. The molecule has 28 heavy (non-hydrogen) atoms. The Morgan fingerprint density at radius 3 is 2.50 bits per heavy atom. The molecule has 0 aliphatic heterocycles. The normalized spacial score (nSPS) is 10.7. The van der Waals surface area contributed by atoms with Crippen LogP contribution in [0.25, 0.3) is 11.0 Å². The quantitative estimate of drug-likeness (QED) is 0.708. The van der Waals surface area contributed by atoms with Crippen molar-refractivity contribution in [1.82, 2.24) is 5.32 Å². The fourth-order valence-corrected chi connectivity index (χ4v) is 3.16. The first-order valence-corrected chi connectivity index (χ1v) is 8.97. The summed E-state index contributed by atoms with van der Waals surface area (Å²) >= 11 is 0. The summed E-state index contributed by atoms with van der Waals surface area (Å²) in [6, 6.07) is 10.5. The molecular weight excluding hydrogens is 358 g/mol. The Morgan fingerprint density at radius 2 is 1.79 bits per heavy atom. The zero-order chi connectivity index (χ0) is 20.3. The molecule has 0 fully saturated rings. The third-order valence-corrected chi connectivity index (χ3v) is 4.53. The molecule has 1 heterocycles. The van der Waals surface area contributed by atoms with Gasteiger partial charge in [0.1, 0.15) is 5.58 Å². The van der Waals surface area contributed by atoms with Gasteiger partial charge in [-0.1, -0.05) is 12.1 Å². The van der Waals surface area contributed by atoms with E-state index in [2.05, 4.69) is 5.32 Å². The molecule has 0 radical (unpaired) electrons. The van der Waals surface area contributed by atoms with E-state index in [1.165, 1.54) is 6.07 Å². The molecule has 6 heteroatoms. The highest BCUT2D eigenvalue weighted by atomic mass is 16.5. The SMILES string of the molecule is COc1ccc(CCNC(=O)c2cc(=O)c3cc(C)cc(C)c3o2)cc1OC. The molecule has 1 N–H and O–H groups in total. The maximum absolute atomic E-state index is 12.4. The molecule has 0 saturated heterocycles. The molecule has 1 aromatic heterocycles. The third kappa shape index (κ3) is 4.01. The van der Waals surface area contributed by atoms with Gasteiger partial charge in [-0.3, -0.25) is 9.59 Å². The van der Waals surface area contributed by atoms with Crippen LogP contribution < -0.4 is 20.2 Å². The molecule has 146 valence electrons. The number of benzene rings is 2. The molecule has 3 rings (SSSR count). The molecule has 0 atom stereocenters. The zero-order valence-electron chi connectivity index (χ0n) is 16.4. The Morgan fingerprint density at radius 1 is 1.04 bits per heavy atom. The van der Waals surface area contributed by atoms with Gasteiger partial charge in [0.05, 0.1) is 19.6 Å². The average Bonchev–Trinajstić information content (AvgIpc) is 2.68. The van der Waals surface area contributed by atoms with E-state index in [0.29, 0.717) is 35.4 Å². The molecule has 0 bridgehead atoms. The Balaban J connectivity index is 1.73. The fraction of sp³-hybridized carbons (Fsp3) is 0.273. The number of rotatable bonds is 6. The van der Waals surface area contributed by atoms with E-state index in [9.17, 15) is 9.59 Å². The van der Waals surface area contributed by atoms with Crippen molar-refractivity contribution in [3.8, 4) is 11.5 Å². The summed E-state index contributed by atoms with van der Waals surface area (Å²) < 4.78 is 16.2. The molecule has 0 saturated carbocycles. The van der Waals surface area contributed by atoms with Crippen LogP contribution in [-0.4, -0.2) is 26.7 Å². The van der Waals surface area contributed by atoms with Crippen LogP contribution in [0.3, 0.4) is 0 Å². The number of hydrogen-bond acceptors (Lipinski definition) is 5. The highest BCUT2D eigenvalue weighted by Gasteiger charge is 2.14. The van der Waals surface area contributed by atoms with Gasteiger partial charge in [-0.2, -0.15) is 0 Å². The maximum Gasteiger partial charge on any atom is 0.287 e. The first-order valence-electron chi connectivity index (χ1n) is 8.97. The number of carbonyl (C=O) groups excluding carboxylic acids is 1. The number of hydrogen-bond donors (Lipinski definition) is 1. The molecule has 0 unspecified atom stereocenters. The number of amides is 1. The lowest BCUT2D eigenvalue weighted by Crippen LogP contribution is -2.26. The summed E-state index contributed by atoms with van der Waals surface area (Å²) in [7, 11) is 3.16. The van der Waals surface area contributed by atoms with E-state index in [-0.39, 0.29) is 11.2 Å². The molecule has 0 aliphatic carbocycles. The lowest BCUT2D eigenvalue weighted by molar-refractivity contribution is 0.0927. The van der Waals surface area contributed by atoms with Gasteiger partial charge < -0.3 is 19.2 Å². The van der Waals surface area contributed by atoms with Crippen LogP contribution in [0.1, 0.15) is 27.2 Å². The monoisotopic (exact) mass is 381 g/mol. The Kier molecular flexibility index (Phi) is 5.68. The number of nitrogens with one attached hydrogen (secondary N) is 1. The Labute approximate surface area is 163 Å². The van der Waals surface area contributed by atoms with Crippen LogP contribution in [0.2, 0.25) is 0 Å². The molecule has 0 spiro atoms. The number of ether oxygens (including phenoxy) is 2. The molecule has 0 aliphatic rings. The minimum atomic E-state index is -0.417. The highest BCUT2D eigenvalue weighted by Crippen LogP contribution is 2.27. The summed E-state index contributed by atoms with van der Waals surface area (Å²) in [5, 5.41) is 3.28. The van der Waals surface area contributed by atoms with Gasteiger partial charge in [-0.05, 0) is 55.2 Å². The van der Waals surface area contributed by atoms with Crippen LogP contribution in [0, 0.1) is 13.8 Å². The average molecular weight is 381 g/mol. The van der Waals surface area contributed by atoms with Gasteiger partial charge in [0.15, 0.2) is 22.7 Å². The predicted octanol–water partition coefficient (Wildman–Crippen LogP) is 3.40.